The summed E-state index contributed by atoms with van der Waals surface area (Å²) in [5, 5.41) is 4.05. The van der Waals surface area contributed by atoms with Crippen LogP contribution in [0.15, 0.2) is 53.5 Å². The van der Waals surface area contributed by atoms with E-state index in [0.717, 1.165) is 29.0 Å². The zero-order valence-electron chi connectivity index (χ0n) is 18.9. The molecule has 0 saturated carbocycles. The number of nitrogens with zero attached hydrogens (tertiary/aromatic N) is 5. The fourth-order valence-electron chi connectivity index (χ4n) is 3.99. The summed E-state index contributed by atoms with van der Waals surface area (Å²) >= 11 is 12.5. The monoisotopic (exact) mass is 511 g/mol. The van der Waals surface area contributed by atoms with Crippen molar-refractivity contribution in [3.05, 3.63) is 69.2 Å². The molecule has 2 aromatic heterocycles. The summed E-state index contributed by atoms with van der Waals surface area (Å²) < 4.78 is 7.01. The molecule has 4 aromatic rings. The van der Waals surface area contributed by atoms with Crippen molar-refractivity contribution in [3.63, 3.8) is 0 Å². The van der Waals surface area contributed by atoms with Crippen LogP contribution in [0.2, 0.25) is 10.0 Å². The van der Waals surface area contributed by atoms with Gasteiger partial charge in [-0.3, -0.25) is 0 Å². The molecule has 35 heavy (non-hydrogen) atoms. The van der Waals surface area contributed by atoms with Gasteiger partial charge in [0.2, 0.25) is 5.95 Å². The zero-order valence-corrected chi connectivity index (χ0v) is 20.4. The molecule has 9 nitrogen and oxygen atoms in total. The summed E-state index contributed by atoms with van der Waals surface area (Å²) in [6, 6.07) is 13.0. The van der Waals surface area contributed by atoms with Crippen molar-refractivity contribution in [2.75, 3.05) is 31.2 Å². The number of fused-ring (bicyclic) bond motifs is 1. The van der Waals surface area contributed by atoms with Gasteiger partial charge in [-0.25, -0.2) is 14.3 Å². The van der Waals surface area contributed by atoms with E-state index in [1.54, 1.807) is 18.2 Å². The number of halogens is 2. The van der Waals surface area contributed by atoms with Gasteiger partial charge in [0.15, 0.2) is 5.65 Å². The van der Waals surface area contributed by atoms with Crippen LogP contribution in [-0.4, -0.2) is 50.7 Å². The molecule has 0 amide bonds. The molecular weight excluding hydrogens is 489 g/mol. The molecule has 3 N–H and O–H groups in total. The van der Waals surface area contributed by atoms with Crippen molar-refractivity contribution in [1.29, 1.82) is 0 Å². The Morgan fingerprint density at radius 3 is 2.54 bits per heavy atom. The van der Waals surface area contributed by atoms with Gasteiger partial charge in [-0.15, -0.1) is 0 Å². The van der Waals surface area contributed by atoms with Crippen LogP contribution in [0.1, 0.15) is 12.8 Å². The van der Waals surface area contributed by atoms with Gasteiger partial charge in [0, 0.05) is 17.9 Å². The predicted octanol–water partition coefficient (Wildman–Crippen LogP) is 4.28. The Kier molecular flexibility index (Phi) is 6.46. The first kappa shape index (κ1) is 23.3. The van der Waals surface area contributed by atoms with Crippen molar-refractivity contribution in [1.82, 2.24) is 24.4 Å². The summed E-state index contributed by atoms with van der Waals surface area (Å²) in [6.07, 6.45) is 3.75. The van der Waals surface area contributed by atoms with Gasteiger partial charge >= 0.3 is 5.69 Å². The van der Waals surface area contributed by atoms with Crippen molar-refractivity contribution in [2.45, 2.75) is 18.9 Å². The minimum absolute atomic E-state index is 0.0937. The highest BCUT2D eigenvalue weighted by atomic mass is 35.5. The lowest BCUT2D eigenvalue weighted by atomic mass is 10.0. The minimum Gasteiger partial charge on any atom is -0.494 e. The number of rotatable bonds is 7. The second kappa shape index (κ2) is 9.69. The number of hydrogen-bond acceptors (Lipinski definition) is 8. The molecule has 3 heterocycles. The lowest BCUT2D eigenvalue weighted by Crippen LogP contribution is -2.45. The van der Waals surface area contributed by atoms with E-state index in [9.17, 15) is 4.79 Å². The second-order valence-corrected chi connectivity index (χ2v) is 9.14. The zero-order chi connectivity index (χ0) is 24.5. The number of likely N-dealkylation sites (tertiary alicyclic amines) is 1. The topological polar surface area (TPSA) is 111 Å². The van der Waals surface area contributed by atoms with Crippen molar-refractivity contribution >= 4 is 51.7 Å². The van der Waals surface area contributed by atoms with Gasteiger partial charge in [-0.2, -0.15) is 9.97 Å². The first-order valence-electron chi connectivity index (χ1n) is 11.1. The molecule has 5 rings (SSSR count). The fraction of sp³-hybridized carbons (Fsp3) is 0.250. The molecule has 1 unspecified atom stereocenters. The molecule has 1 aliphatic heterocycles. The van der Waals surface area contributed by atoms with Crippen LogP contribution in [0.4, 0.5) is 17.5 Å². The number of anilines is 3. The van der Waals surface area contributed by atoms with Crippen LogP contribution in [0.25, 0.3) is 16.7 Å². The van der Waals surface area contributed by atoms with Crippen LogP contribution in [-0.2, 0) is 0 Å². The summed E-state index contributed by atoms with van der Waals surface area (Å²) in [7, 11) is 2.14. The maximum absolute atomic E-state index is 12.8. The number of hydrogen-bond donors (Lipinski definition) is 2. The third-order valence-corrected chi connectivity index (χ3v) is 6.72. The summed E-state index contributed by atoms with van der Waals surface area (Å²) in [5.41, 5.74) is 6.81. The quantitative estimate of drug-likeness (QED) is 0.378. The summed E-state index contributed by atoms with van der Waals surface area (Å²) in [4.78, 5) is 27.9. The highest BCUT2D eigenvalue weighted by Crippen LogP contribution is 2.30. The molecule has 0 radical (unpaired) electrons. The number of benzene rings is 2. The molecule has 180 valence electrons. The van der Waals surface area contributed by atoms with Gasteiger partial charge in [0.05, 0.1) is 27.7 Å². The maximum Gasteiger partial charge on any atom is 0.355 e. The molecule has 0 spiro atoms. The second-order valence-electron chi connectivity index (χ2n) is 8.33. The Labute approximate surface area is 211 Å². The average molecular weight is 512 g/mol. The van der Waals surface area contributed by atoms with Gasteiger partial charge in [-0.1, -0.05) is 29.3 Å². The van der Waals surface area contributed by atoms with E-state index in [-0.39, 0.29) is 33.1 Å². The molecule has 1 fully saturated rings. The van der Waals surface area contributed by atoms with Gasteiger partial charge in [-0.05, 0) is 62.8 Å². The molecule has 0 bridgehead atoms. The van der Waals surface area contributed by atoms with Crippen molar-refractivity contribution < 1.29 is 4.74 Å². The Balaban J connectivity index is 1.33. The number of nitrogen functional groups attached to an aromatic ring is 1. The van der Waals surface area contributed by atoms with Gasteiger partial charge in [0.1, 0.15) is 11.6 Å². The lowest BCUT2D eigenvalue weighted by molar-refractivity contribution is 0.102. The van der Waals surface area contributed by atoms with Crippen molar-refractivity contribution in [2.24, 2.45) is 0 Å². The van der Waals surface area contributed by atoms with Crippen molar-refractivity contribution in [3.8, 4) is 11.4 Å². The molecule has 2 aromatic carbocycles. The van der Waals surface area contributed by atoms with E-state index in [4.69, 9.17) is 33.7 Å². The third-order valence-electron chi connectivity index (χ3n) is 6.11. The molecule has 1 atom stereocenters. The first-order valence-corrected chi connectivity index (χ1v) is 11.9. The number of nitrogens with one attached hydrogen (secondary N) is 1. The number of aromatic nitrogens is 4. The van der Waals surface area contributed by atoms with Crippen LogP contribution in [0.5, 0.6) is 5.75 Å². The highest BCUT2D eigenvalue weighted by molar-refractivity contribution is 6.37. The van der Waals surface area contributed by atoms with Crippen LogP contribution in [0.3, 0.4) is 0 Å². The third kappa shape index (κ3) is 4.75. The number of ether oxygens (including phenoxy) is 1. The largest absolute Gasteiger partial charge is 0.494 e. The van der Waals surface area contributed by atoms with Crippen LogP contribution >= 0.6 is 23.2 Å². The highest BCUT2D eigenvalue weighted by Gasteiger charge is 2.23. The number of para-hydroxylation sites is 1. The predicted molar refractivity (Wildman–Crippen MR) is 138 cm³/mol. The molecule has 1 aliphatic rings. The van der Waals surface area contributed by atoms with E-state index < -0.39 is 5.69 Å². The van der Waals surface area contributed by atoms with E-state index in [1.807, 2.05) is 24.3 Å². The van der Waals surface area contributed by atoms with Crippen LogP contribution in [0, 0.1) is 0 Å². The SMILES string of the molecule is CN1CCC1CCOc1ccc(Nc2ncc3c(N)n(-c4c(Cl)cccc4Cl)c(=O)nc3n2)cc1. The Bertz CT molecular complexity index is 1420. The lowest BCUT2D eigenvalue weighted by Gasteiger charge is -2.37. The summed E-state index contributed by atoms with van der Waals surface area (Å²) in [6.45, 7) is 1.84. The van der Waals surface area contributed by atoms with E-state index >= 15 is 0 Å². The standard InChI is InChI=1S/C24H23Cl2N7O2/c1-32-11-9-15(32)10-12-35-16-7-5-14(6-8-16)29-23-28-13-17-21(27)33(24(34)31-22(17)30-23)20-18(25)3-2-4-19(20)26/h2-8,13,15H,9-12,27H2,1H3,(H,29,30,31,34). The number of nitrogens with two attached hydrogens (primary N) is 1. The Hall–Kier alpha value is -3.40. The van der Waals surface area contributed by atoms with Gasteiger partial charge in [0.25, 0.3) is 0 Å². The average Bonchev–Trinajstić information content (AvgIpc) is 2.83. The molecule has 0 aliphatic carbocycles. The Morgan fingerprint density at radius 1 is 1.14 bits per heavy atom. The maximum atomic E-state index is 12.8. The van der Waals surface area contributed by atoms with E-state index in [0.29, 0.717) is 18.0 Å². The smallest absolute Gasteiger partial charge is 0.355 e. The summed E-state index contributed by atoms with van der Waals surface area (Å²) in [5.74, 6) is 1.17. The fourth-order valence-corrected chi connectivity index (χ4v) is 4.56. The van der Waals surface area contributed by atoms with Crippen LogP contribution < -0.4 is 21.5 Å². The Morgan fingerprint density at radius 2 is 1.89 bits per heavy atom. The molecule has 11 heteroatoms. The van der Waals surface area contributed by atoms with Gasteiger partial charge < -0.3 is 20.7 Å². The molecular formula is C24H23Cl2N7O2. The molecule has 1 saturated heterocycles. The first-order chi connectivity index (χ1) is 16.9. The normalized spacial score (nSPS) is 15.7. The van der Waals surface area contributed by atoms with E-state index in [1.165, 1.54) is 12.6 Å². The minimum atomic E-state index is -0.649. The van der Waals surface area contributed by atoms with E-state index in [2.05, 4.69) is 32.2 Å².